The van der Waals surface area contributed by atoms with Gasteiger partial charge in [-0.05, 0) is 36.8 Å². The Hall–Kier alpha value is -3.76. The van der Waals surface area contributed by atoms with Gasteiger partial charge in [0.2, 0.25) is 5.91 Å². The normalized spacial score (nSPS) is 11.3. The molecule has 0 spiro atoms. The first-order valence-corrected chi connectivity index (χ1v) is 9.16. The number of carbonyl (C=O) groups excluding carboxylic acids is 2. The van der Waals surface area contributed by atoms with Gasteiger partial charge in [0, 0.05) is 32.2 Å². The van der Waals surface area contributed by atoms with E-state index in [-0.39, 0.29) is 23.8 Å². The van der Waals surface area contributed by atoms with Crippen molar-refractivity contribution in [2.75, 3.05) is 13.6 Å². The quantitative estimate of drug-likeness (QED) is 0.646. The molecule has 8 nitrogen and oxygen atoms in total. The number of aromatic nitrogens is 4. The van der Waals surface area contributed by atoms with Crippen LogP contribution in [0.1, 0.15) is 27.2 Å². The Bertz CT molecular complexity index is 1060. The van der Waals surface area contributed by atoms with E-state index in [9.17, 15) is 22.8 Å². The predicted octanol–water partition coefficient (Wildman–Crippen LogP) is 2.38. The van der Waals surface area contributed by atoms with Gasteiger partial charge in [0.05, 0.1) is 29.6 Å². The predicted molar refractivity (Wildman–Crippen MR) is 104 cm³/mol. The molecule has 0 bridgehead atoms. The van der Waals surface area contributed by atoms with Crippen LogP contribution < -0.4 is 5.32 Å². The first kappa shape index (κ1) is 21.9. The minimum Gasteiger partial charge on any atom is -0.343 e. The van der Waals surface area contributed by atoms with E-state index in [1.165, 1.54) is 21.8 Å². The third kappa shape index (κ3) is 5.24. The van der Waals surface area contributed by atoms with Crippen molar-refractivity contribution in [2.45, 2.75) is 19.6 Å². The van der Waals surface area contributed by atoms with E-state index in [0.29, 0.717) is 18.4 Å². The lowest BCUT2D eigenvalue weighted by atomic mass is 10.2. The van der Waals surface area contributed by atoms with Crippen molar-refractivity contribution < 1.29 is 22.8 Å². The highest BCUT2D eigenvalue weighted by Gasteiger charge is 2.30. The van der Waals surface area contributed by atoms with Crippen molar-refractivity contribution in [1.29, 1.82) is 0 Å². The van der Waals surface area contributed by atoms with Gasteiger partial charge in [-0.3, -0.25) is 14.6 Å². The van der Waals surface area contributed by atoms with E-state index in [4.69, 9.17) is 0 Å². The summed E-state index contributed by atoms with van der Waals surface area (Å²) in [4.78, 5) is 33.9. The van der Waals surface area contributed by atoms with E-state index < -0.39 is 17.6 Å². The van der Waals surface area contributed by atoms with Crippen molar-refractivity contribution in [1.82, 2.24) is 30.0 Å². The summed E-state index contributed by atoms with van der Waals surface area (Å²) in [5, 5.41) is 6.56. The Kier molecular flexibility index (Phi) is 6.33. The number of pyridine rings is 2. The van der Waals surface area contributed by atoms with Crippen LogP contribution in [0.3, 0.4) is 0 Å². The van der Waals surface area contributed by atoms with Crippen LogP contribution in [-0.4, -0.2) is 50.1 Å². The maximum Gasteiger partial charge on any atom is 0.417 e. The molecule has 1 N–H and O–H groups in total. The van der Waals surface area contributed by atoms with Crippen molar-refractivity contribution in [3.8, 4) is 5.82 Å². The fraction of sp³-hybridized carbons (Fsp3) is 0.250. The van der Waals surface area contributed by atoms with Gasteiger partial charge in [0.1, 0.15) is 0 Å². The molecule has 162 valence electrons. The fourth-order valence-corrected chi connectivity index (χ4v) is 2.78. The van der Waals surface area contributed by atoms with Crippen molar-refractivity contribution >= 4 is 11.8 Å². The maximum absolute atomic E-state index is 12.7. The lowest BCUT2D eigenvalue weighted by Crippen LogP contribution is -2.37. The molecule has 3 heterocycles. The molecule has 0 fully saturated rings. The molecule has 0 unspecified atom stereocenters. The summed E-state index contributed by atoms with van der Waals surface area (Å²) >= 11 is 0. The first-order chi connectivity index (χ1) is 14.7. The molecule has 31 heavy (non-hydrogen) atoms. The van der Waals surface area contributed by atoms with Gasteiger partial charge in [-0.2, -0.15) is 18.3 Å². The molecule has 0 saturated heterocycles. The number of likely N-dealkylation sites (N-methyl/N-ethyl adjacent to an activating group) is 1. The molecule has 3 aromatic rings. The Morgan fingerprint density at radius 3 is 2.45 bits per heavy atom. The molecule has 0 aromatic carbocycles. The summed E-state index contributed by atoms with van der Waals surface area (Å²) in [6.07, 6.45) is 0.734. The van der Waals surface area contributed by atoms with E-state index in [0.717, 1.165) is 11.6 Å². The molecule has 2 amide bonds. The molecule has 3 rings (SSSR count). The summed E-state index contributed by atoms with van der Waals surface area (Å²) in [6, 6.07) is 5.63. The molecular weight excluding hydrogens is 413 g/mol. The maximum atomic E-state index is 12.7. The summed E-state index contributed by atoms with van der Waals surface area (Å²) in [5.74, 6) is -0.682. The number of nitrogens with one attached hydrogen (secondary N) is 1. The summed E-state index contributed by atoms with van der Waals surface area (Å²) in [5.41, 5.74) is 0.584. The molecule has 11 heteroatoms. The number of carbonyl (C=O) groups is 2. The highest BCUT2D eigenvalue weighted by molar-refractivity contribution is 5.97. The van der Waals surface area contributed by atoms with Crippen LogP contribution in [0.15, 0.2) is 49.1 Å². The smallest absolute Gasteiger partial charge is 0.343 e. The Morgan fingerprint density at radius 1 is 1.13 bits per heavy atom. The van der Waals surface area contributed by atoms with E-state index in [1.54, 1.807) is 38.5 Å². The van der Waals surface area contributed by atoms with Crippen LogP contribution in [0.4, 0.5) is 13.2 Å². The lowest BCUT2D eigenvalue weighted by molar-refractivity contribution is -0.137. The van der Waals surface area contributed by atoms with Gasteiger partial charge >= 0.3 is 6.18 Å². The molecule has 0 aliphatic heterocycles. The second kappa shape index (κ2) is 8.94. The Morgan fingerprint density at radius 2 is 1.84 bits per heavy atom. The average Bonchev–Trinajstić information content (AvgIpc) is 3.13. The molecular formula is C20H19F3N6O2. The van der Waals surface area contributed by atoms with E-state index >= 15 is 0 Å². The first-order valence-electron chi connectivity index (χ1n) is 9.16. The van der Waals surface area contributed by atoms with Gasteiger partial charge in [-0.15, -0.1) is 0 Å². The lowest BCUT2D eigenvalue weighted by Gasteiger charge is -2.17. The second-order valence-corrected chi connectivity index (χ2v) is 6.75. The Balaban J connectivity index is 1.62. The summed E-state index contributed by atoms with van der Waals surface area (Å²) in [6.45, 7) is 1.73. The molecule has 0 aliphatic rings. The average molecular weight is 432 g/mol. The molecule has 3 aromatic heterocycles. The highest BCUT2D eigenvalue weighted by Crippen LogP contribution is 2.28. The van der Waals surface area contributed by atoms with Crippen molar-refractivity contribution in [2.24, 2.45) is 0 Å². The summed E-state index contributed by atoms with van der Waals surface area (Å²) in [7, 11) is 1.62. The van der Waals surface area contributed by atoms with Crippen LogP contribution >= 0.6 is 0 Å². The number of halogens is 3. The van der Waals surface area contributed by atoms with Gasteiger partial charge < -0.3 is 10.2 Å². The molecule has 0 radical (unpaired) electrons. The number of rotatable bonds is 6. The van der Waals surface area contributed by atoms with Crippen molar-refractivity contribution in [3.63, 3.8) is 0 Å². The highest BCUT2D eigenvalue weighted by atomic mass is 19.4. The van der Waals surface area contributed by atoms with Gasteiger partial charge in [0.25, 0.3) is 5.91 Å². The third-order valence-corrected chi connectivity index (χ3v) is 4.54. The SMILES string of the molecule is Cc1c(C(=O)NCC(=O)N(C)Cc2ccncc2)cnn1-c1ccc(C(F)(F)F)cn1. The fourth-order valence-electron chi connectivity index (χ4n) is 2.78. The largest absolute Gasteiger partial charge is 0.417 e. The van der Waals surface area contributed by atoms with Crippen LogP contribution in [0, 0.1) is 6.92 Å². The van der Waals surface area contributed by atoms with Gasteiger partial charge in [-0.1, -0.05) is 0 Å². The monoisotopic (exact) mass is 432 g/mol. The second-order valence-electron chi connectivity index (χ2n) is 6.75. The number of hydrogen-bond acceptors (Lipinski definition) is 5. The summed E-state index contributed by atoms with van der Waals surface area (Å²) < 4.78 is 39.3. The zero-order valence-electron chi connectivity index (χ0n) is 16.7. The van der Waals surface area contributed by atoms with Crippen LogP contribution in [-0.2, 0) is 17.5 Å². The molecule has 0 saturated carbocycles. The van der Waals surface area contributed by atoms with Crippen LogP contribution in [0.25, 0.3) is 5.82 Å². The minimum absolute atomic E-state index is 0.137. The number of alkyl halides is 3. The topological polar surface area (TPSA) is 93.0 Å². The number of amides is 2. The van der Waals surface area contributed by atoms with Crippen LogP contribution in [0.5, 0.6) is 0 Å². The third-order valence-electron chi connectivity index (χ3n) is 4.54. The van der Waals surface area contributed by atoms with Gasteiger partial charge in [0.15, 0.2) is 5.82 Å². The van der Waals surface area contributed by atoms with Crippen molar-refractivity contribution in [3.05, 3.63) is 71.4 Å². The zero-order chi connectivity index (χ0) is 22.6. The molecule has 0 aliphatic carbocycles. The number of hydrogen-bond donors (Lipinski definition) is 1. The molecule has 0 atom stereocenters. The van der Waals surface area contributed by atoms with E-state index in [2.05, 4.69) is 20.4 Å². The number of nitrogens with zero attached hydrogens (tertiary/aromatic N) is 5. The standard InChI is InChI=1S/C20H19F3N6O2/c1-13-16(10-27-29(13)17-4-3-15(9-25-17)20(21,22)23)19(31)26-11-18(30)28(2)12-14-5-7-24-8-6-14/h3-10H,11-12H2,1-2H3,(H,26,31). The van der Waals surface area contributed by atoms with Gasteiger partial charge in [-0.25, -0.2) is 9.67 Å². The van der Waals surface area contributed by atoms with E-state index in [1.807, 2.05) is 0 Å². The minimum atomic E-state index is -4.49. The Labute approximate surface area is 175 Å². The zero-order valence-corrected chi connectivity index (χ0v) is 16.7. The van der Waals surface area contributed by atoms with Crippen LogP contribution in [0.2, 0.25) is 0 Å².